The van der Waals surface area contributed by atoms with E-state index in [-0.39, 0.29) is 0 Å². The van der Waals surface area contributed by atoms with Crippen LogP contribution in [0.3, 0.4) is 0 Å². The summed E-state index contributed by atoms with van der Waals surface area (Å²) >= 11 is 0. The Hall–Kier alpha value is 0.708. The van der Waals surface area contributed by atoms with Gasteiger partial charge >= 0.3 is 0 Å². The molecule has 0 fully saturated rings. The maximum atomic E-state index is 9.03. The lowest BCUT2D eigenvalue weighted by molar-refractivity contribution is 0.539. The quantitative estimate of drug-likeness (QED) is 0.346. The van der Waals surface area contributed by atoms with Gasteiger partial charge in [0.05, 0.1) is 0 Å². The van der Waals surface area contributed by atoms with Crippen molar-refractivity contribution in [3.05, 3.63) is 0 Å². The molecular weight excluding hydrogens is 188 g/mol. The normalized spacial score (nSPS) is 22.3. The van der Waals surface area contributed by atoms with Crippen LogP contribution < -0.4 is 0 Å². The molecule has 0 heterocycles. The van der Waals surface area contributed by atoms with Crippen LogP contribution in [0.1, 0.15) is 0 Å². The van der Waals surface area contributed by atoms with E-state index in [0.29, 0.717) is 0 Å². The summed E-state index contributed by atoms with van der Waals surface area (Å²) in [6.07, 6.45) is 0. The maximum absolute atomic E-state index is 9.03. The van der Waals surface area contributed by atoms with Gasteiger partial charge in [0.25, 0.3) is 0 Å². The van der Waals surface area contributed by atoms with E-state index in [0.717, 1.165) is 0 Å². The molecule has 4 N–H and O–H groups in total. The summed E-state index contributed by atoms with van der Waals surface area (Å²) in [6.45, 7) is 1.59. The van der Waals surface area contributed by atoms with Crippen LogP contribution in [-0.2, 0) is 0 Å². The first-order chi connectivity index (χ1) is 4.09. The minimum Gasteiger partial charge on any atom is -0.439 e. The third-order valence-corrected chi connectivity index (χ3v) is 29.8. The van der Waals surface area contributed by atoms with E-state index in [4.69, 9.17) is 19.2 Å². The smallest absolute Gasteiger partial charge is 0.203 e. The van der Waals surface area contributed by atoms with Crippen LogP contribution >= 0.6 is 0 Å². The molecule has 9 heavy (non-hydrogen) atoms. The van der Waals surface area contributed by atoms with Crippen molar-refractivity contribution in [3.63, 3.8) is 0 Å². The molecule has 0 aromatic rings. The topological polar surface area (TPSA) is 80.9 Å². The predicted molar refractivity (Wildman–Crippen MR) is 44.7 cm³/mol. The van der Waals surface area contributed by atoms with Gasteiger partial charge in [-0.05, 0) is 6.55 Å². The highest BCUT2D eigenvalue weighted by molar-refractivity contribution is 7.56. The lowest BCUT2D eigenvalue weighted by atomic mass is 11.9. The fourth-order valence-electron chi connectivity index (χ4n) is 0.429. The molecule has 0 aliphatic rings. The molecule has 0 radical (unpaired) electrons. The van der Waals surface area contributed by atoms with Gasteiger partial charge in [-0.2, -0.15) is 0 Å². The van der Waals surface area contributed by atoms with Crippen LogP contribution in [0.5, 0.6) is 0 Å². The minimum atomic E-state index is -2.17. The van der Waals surface area contributed by atoms with E-state index in [9.17, 15) is 0 Å². The zero-order valence-electron chi connectivity index (χ0n) is 5.23. The Labute approximate surface area is 60.3 Å². The van der Waals surface area contributed by atoms with Crippen molar-refractivity contribution in [3.8, 4) is 0 Å². The summed E-state index contributed by atoms with van der Waals surface area (Å²) in [5, 5.41) is 0. The molecule has 8 heteroatoms. The molecule has 3 unspecified atom stereocenters. The first-order valence-electron chi connectivity index (χ1n) is 2.74. The standard InChI is InChI=1S/CH12O4Si4/c1-7(3)9(5)8(4)6-2/h2-5,7-9H,6H2,1H3. The Kier molecular flexibility index (Phi) is 4.87. The van der Waals surface area contributed by atoms with Gasteiger partial charge < -0.3 is 19.2 Å². The predicted octanol–water partition coefficient (Wildman–Crippen LogP) is -4.51. The van der Waals surface area contributed by atoms with E-state index in [1.54, 1.807) is 6.55 Å². The third kappa shape index (κ3) is 3.42. The van der Waals surface area contributed by atoms with Gasteiger partial charge in [-0.1, -0.05) is 0 Å². The highest BCUT2D eigenvalue weighted by Gasteiger charge is 2.26. The monoisotopic (exact) mass is 200 g/mol. The zero-order valence-corrected chi connectivity index (χ0v) is 10.1. The summed E-state index contributed by atoms with van der Waals surface area (Å²) < 4.78 is 0. The molecule has 0 saturated heterocycles. The van der Waals surface area contributed by atoms with Crippen LogP contribution in [0.15, 0.2) is 0 Å². The fourth-order valence-corrected chi connectivity index (χ4v) is 25.5. The number of hydrogen-bond donors (Lipinski definition) is 4. The van der Waals surface area contributed by atoms with Crippen molar-refractivity contribution in [2.75, 3.05) is 0 Å². The molecule has 0 aliphatic heterocycles. The summed E-state index contributed by atoms with van der Waals surface area (Å²) in [4.78, 5) is 35.3. The van der Waals surface area contributed by atoms with Gasteiger partial charge in [0.2, 0.25) is 8.08 Å². The van der Waals surface area contributed by atoms with Crippen molar-refractivity contribution in [2.24, 2.45) is 0 Å². The summed E-state index contributed by atoms with van der Waals surface area (Å²) in [6, 6.07) is 0. The second-order valence-electron chi connectivity index (χ2n) is 1.98. The van der Waals surface area contributed by atoms with Crippen LogP contribution in [0.2, 0.25) is 6.55 Å². The van der Waals surface area contributed by atoms with Gasteiger partial charge in [0.15, 0.2) is 25.9 Å². The third-order valence-electron chi connectivity index (χ3n) is 1.08. The Balaban J connectivity index is 3.58. The van der Waals surface area contributed by atoms with Gasteiger partial charge in [-0.25, -0.2) is 0 Å². The van der Waals surface area contributed by atoms with E-state index in [1.807, 2.05) is 0 Å². The SMILES string of the molecule is C[SiH](O)[SiH](O)[SiH](O)[SiH2]O. The fraction of sp³-hybridized carbons (Fsp3) is 1.00. The van der Waals surface area contributed by atoms with Crippen LogP contribution in [0.4, 0.5) is 0 Å². The first-order valence-corrected chi connectivity index (χ1v) is 14.7. The van der Waals surface area contributed by atoms with Crippen LogP contribution in [-0.4, -0.2) is 53.2 Å². The van der Waals surface area contributed by atoms with Crippen molar-refractivity contribution < 1.29 is 19.2 Å². The maximum Gasteiger partial charge on any atom is 0.203 e. The Morgan fingerprint density at radius 1 is 1.22 bits per heavy atom. The molecule has 0 aromatic carbocycles. The van der Waals surface area contributed by atoms with E-state index in [2.05, 4.69) is 0 Å². The van der Waals surface area contributed by atoms with Crippen LogP contribution in [0, 0.1) is 0 Å². The molecule has 0 spiro atoms. The molecule has 4 nitrogen and oxygen atoms in total. The molecule has 0 bridgehead atoms. The minimum absolute atomic E-state index is 1.37. The van der Waals surface area contributed by atoms with Gasteiger partial charge in [-0.15, -0.1) is 0 Å². The van der Waals surface area contributed by atoms with E-state index in [1.165, 1.54) is 0 Å². The second-order valence-corrected chi connectivity index (χ2v) is 24.0. The largest absolute Gasteiger partial charge is 0.439 e. The molecule has 56 valence electrons. The average molecular weight is 200 g/mol. The molecule has 0 aliphatic carbocycles. The summed E-state index contributed by atoms with van der Waals surface area (Å²) in [7, 11) is -7.63. The molecule has 0 saturated carbocycles. The first kappa shape index (κ1) is 9.71. The Bertz CT molecular complexity index is 77.0. The molecule has 0 amide bonds. The Morgan fingerprint density at radius 3 is 1.78 bits per heavy atom. The average Bonchev–Trinajstić information content (AvgIpc) is 1.84. The highest BCUT2D eigenvalue weighted by Crippen LogP contribution is 1.84. The number of hydrogen-bond acceptors (Lipinski definition) is 4. The molecule has 0 aromatic heterocycles. The number of rotatable bonds is 3. The van der Waals surface area contributed by atoms with Crippen molar-refractivity contribution in [1.29, 1.82) is 0 Å². The van der Waals surface area contributed by atoms with E-state index >= 15 is 0 Å². The molecule has 3 atom stereocenters. The van der Waals surface area contributed by atoms with Gasteiger partial charge in [-0.3, -0.25) is 0 Å². The highest BCUT2D eigenvalue weighted by atomic mass is 29.8. The molecule has 0 rings (SSSR count). The molecular formula is CH12O4Si4. The Morgan fingerprint density at radius 2 is 1.67 bits per heavy atom. The van der Waals surface area contributed by atoms with E-state index < -0.39 is 34.0 Å². The summed E-state index contributed by atoms with van der Waals surface area (Å²) in [5.41, 5.74) is 0. The van der Waals surface area contributed by atoms with Gasteiger partial charge in [0, 0.05) is 0 Å². The zero-order chi connectivity index (χ0) is 7.44. The lowest BCUT2D eigenvalue weighted by Gasteiger charge is -2.11. The van der Waals surface area contributed by atoms with Crippen molar-refractivity contribution >= 4 is 34.0 Å². The summed E-state index contributed by atoms with van der Waals surface area (Å²) in [5.74, 6) is 0. The lowest BCUT2D eigenvalue weighted by Crippen LogP contribution is -2.51. The van der Waals surface area contributed by atoms with Crippen molar-refractivity contribution in [1.82, 2.24) is 0 Å². The van der Waals surface area contributed by atoms with Crippen LogP contribution in [0.25, 0.3) is 0 Å². The van der Waals surface area contributed by atoms with Crippen molar-refractivity contribution in [2.45, 2.75) is 6.55 Å². The van der Waals surface area contributed by atoms with Gasteiger partial charge in [0.1, 0.15) is 0 Å². The second kappa shape index (κ2) is 4.51.